The summed E-state index contributed by atoms with van der Waals surface area (Å²) < 4.78 is 2.16. The Morgan fingerprint density at radius 3 is 3.00 bits per heavy atom. The third-order valence-electron chi connectivity index (χ3n) is 3.24. The van der Waals surface area contributed by atoms with E-state index in [-0.39, 0.29) is 0 Å². The molecule has 1 saturated heterocycles. The standard InChI is InChI=1S/C12H21N3/c1-3-11-8-12(15(4-2)14-11)7-10-5-6-13-9-10/h8,10,13H,3-7,9H2,1-2H3. The van der Waals surface area contributed by atoms with Gasteiger partial charge in [0.1, 0.15) is 0 Å². The van der Waals surface area contributed by atoms with Crippen LogP contribution in [0.15, 0.2) is 6.07 Å². The molecule has 15 heavy (non-hydrogen) atoms. The van der Waals surface area contributed by atoms with Crippen molar-refractivity contribution in [3.63, 3.8) is 0 Å². The van der Waals surface area contributed by atoms with E-state index in [0.717, 1.165) is 18.9 Å². The number of aromatic nitrogens is 2. The van der Waals surface area contributed by atoms with Crippen LogP contribution < -0.4 is 5.32 Å². The van der Waals surface area contributed by atoms with Crippen LogP contribution in [0.3, 0.4) is 0 Å². The van der Waals surface area contributed by atoms with Crippen LogP contribution >= 0.6 is 0 Å². The van der Waals surface area contributed by atoms with Crippen molar-refractivity contribution in [1.82, 2.24) is 15.1 Å². The van der Waals surface area contributed by atoms with Crippen LogP contribution in [0, 0.1) is 5.92 Å². The van der Waals surface area contributed by atoms with Gasteiger partial charge >= 0.3 is 0 Å². The molecule has 1 aromatic heterocycles. The first kappa shape index (κ1) is 10.7. The predicted molar refractivity (Wildman–Crippen MR) is 62.0 cm³/mol. The molecule has 84 valence electrons. The highest BCUT2D eigenvalue weighted by molar-refractivity contribution is 5.11. The molecule has 1 aromatic rings. The summed E-state index contributed by atoms with van der Waals surface area (Å²) in [6.07, 6.45) is 3.55. The SMILES string of the molecule is CCc1cc(CC2CCNC2)n(CC)n1. The highest BCUT2D eigenvalue weighted by Gasteiger charge is 2.17. The molecule has 0 radical (unpaired) electrons. The molecule has 0 saturated carbocycles. The molecule has 2 heterocycles. The Kier molecular flexibility index (Phi) is 3.41. The van der Waals surface area contributed by atoms with Crippen molar-refractivity contribution in [3.05, 3.63) is 17.5 Å². The smallest absolute Gasteiger partial charge is 0.0624 e. The number of aryl methyl sites for hydroxylation is 2. The van der Waals surface area contributed by atoms with Crippen molar-refractivity contribution >= 4 is 0 Å². The summed E-state index contributed by atoms with van der Waals surface area (Å²) in [5.41, 5.74) is 2.65. The molecular weight excluding hydrogens is 186 g/mol. The zero-order chi connectivity index (χ0) is 10.7. The van der Waals surface area contributed by atoms with Gasteiger partial charge in [0.25, 0.3) is 0 Å². The highest BCUT2D eigenvalue weighted by Crippen LogP contribution is 2.16. The molecule has 0 amide bonds. The minimum absolute atomic E-state index is 0.816. The molecule has 0 spiro atoms. The number of hydrogen-bond donors (Lipinski definition) is 1. The maximum atomic E-state index is 4.59. The third-order valence-corrected chi connectivity index (χ3v) is 3.24. The topological polar surface area (TPSA) is 29.9 Å². The Morgan fingerprint density at radius 1 is 1.53 bits per heavy atom. The molecule has 0 aromatic carbocycles. The molecular formula is C12H21N3. The second kappa shape index (κ2) is 4.79. The fourth-order valence-corrected chi connectivity index (χ4v) is 2.31. The molecule has 1 aliphatic heterocycles. The average Bonchev–Trinajstić information content (AvgIpc) is 2.87. The van der Waals surface area contributed by atoms with Crippen LogP contribution in [0.25, 0.3) is 0 Å². The lowest BCUT2D eigenvalue weighted by Crippen LogP contribution is -2.13. The van der Waals surface area contributed by atoms with E-state index in [9.17, 15) is 0 Å². The molecule has 3 heteroatoms. The summed E-state index contributed by atoms with van der Waals surface area (Å²) in [6, 6.07) is 2.28. The first-order valence-electron chi connectivity index (χ1n) is 6.09. The van der Waals surface area contributed by atoms with E-state index in [4.69, 9.17) is 0 Å². The Balaban J connectivity index is 2.07. The van der Waals surface area contributed by atoms with Crippen LogP contribution in [0.5, 0.6) is 0 Å². The number of nitrogens with zero attached hydrogens (tertiary/aromatic N) is 2. The van der Waals surface area contributed by atoms with Gasteiger partial charge in [0.2, 0.25) is 0 Å². The Labute approximate surface area is 91.9 Å². The van der Waals surface area contributed by atoms with Crippen molar-refractivity contribution in [2.24, 2.45) is 5.92 Å². The normalized spacial score (nSPS) is 21.1. The largest absolute Gasteiger partial charge is 0.316 e. The number of rotatable bonds is 4. The van der Waals surface area contributed by atoms with E-state index >= 15 is 0 Å². The second-order valence-corrected chi connectivity index (χ2v) is 4.36. The van der Waals surface area contributed by atoms with Gasteiger partial charge in [-0.3, -0.25) is 4.68 Å². The van der Waals surface area contributed by atoms with E-state index in [2.05, 4.69) is 35.0 Å². The molecule has 3 nitrogen and oxygen atoms in total. The predicted octanol–water partition coefficient (Wildman–Crippen LogP) is 1.62. The lowest BCUT2D eigenvalue weighted by Gasteiger charge is -2.09. The maximum Gasteiger partial charge on any atom is 0.0624 e. The van der Waals surface area contributed by atoms with Crippen molar-refractivity contribution < 1.29 is 0 Å². The minimum atomic E-state index is 0.816. The van der Waals surface area contributed by atoms with Gasteiger partial charge in [-0.1, -0.05) is 6.92 Å². The Morgan fingerprint density at radius 2 is 2.40 bits per heavy atom. The lowest BCUT2D eigenvalue weighted by molar-refractivity contribution is 0.528. The van der Waals surface area contributed by atoms with Crippen LogP contribution in [0.2, 0.25) is 0 Å². The van der Waals surface area contributed by atoms with E-state index in [1.54, 1.807) is 0 Å². The van der Waals surface area contributed by atoms with Crippen LogP contribution in [0.1, 0.15) is 31.7 Å². The van der Waals surface area contributed by atoms with E-state index in [1.807, 2.05) is 0 Å². The minimum Gasteiger partial charge on any atom is -0.316 e. The van der Waals surface area contributed by atoms with Gasteiger partial charge in [-0.2, -0.15) is 5.10 Å². The summed E-state index contributed by atoms with van der Waals surface area (Å²) in [6.45, 7) is 7.70. The molecule has 2 rings (SSSR count). The summed E-state index contributed by atoms with van der Waals surface area (Å²) in [7, 11) is 0. The van der Waals surface area contributed by atoms with Crippen molar-refractivity contribution in [2.75, 3.05) is 13.1 Å². The van der Waals surface area contributed by atoms with Gasteiger partial charge in [0.05, 0.1) is 5.69 Å². The van der Waals surface area contributed by atoms with Crippen LogP contribution in [-0.4, -0.2) is 22.9 Å². The Bertz CT molecular complexity index is 311. The fourth-order valence-electron chi connectivity index (χ4n) is 2.31. The summed E-state index contributed by atoms with van der Waals surface area (Å²) in [5, 5.41) is 8.01. The number of hydrogen-bond acceptors (Lipinski definition) is 2. The van der Waals surface area contributed by atoms with Crippen molar-refractivity contribution in [2.45, 2.75) is 39.7 Å². The van der Waals surface area contributed by atoms with Crippen molar-refractivity contribution in [1.29, 1.82) is 0 Å². The molecule has 1 N–H and O–H groups in total. The fraction of sp³-hybridized carbons (Fsp3) is 0.750. The van der Waals surface area contributed by atoms with Crippen molar-refractivity contribution in [3.8, 4) is 0 Å². The maximum absolute atomic E-state index is 4.59. The molecule has 1 atom stereocenters. The van der Waals surface area contributed by atoms with E-state index in [1.165, 1.54) is 37.3 Å². The summed E-state index contributed by atoms with van der Waals surface area (Å²) >= 11 is 0. The van der Waals surface area contributed by atoms with Gasteiger partial charge < -0.3 is 5.32 Å². The lowest BCUT2D eigenvalue weighted by atomic mass is 10.0. The molecule has 0 bridgehead atoms. The van der Waals surface area contributed by atoms with E-state index in [0.29, 0.717) is 0 Å². The van der Waals surface area contributed by atoms with Gasteiger partial charge in [-0.25, -0.2) is 0 Å². The zero-order valence-corrected chi connectivity index (χ0v) is 9.79. The van der Waals surface area contributed by atoms with Crippen LogP contribution in [0.4, 0.5) is 0 Å². The summed E-state index contributed by atoms with van der Waals surface area (Å²) in [4.78, 5) is 0. The second-order valence-electron chi connectivity index (χ2n) is 4.36. The first-order chi connectivity index (χ1) is 7.33. The molecule has 1 unspecified atom stereocenters. The van der Waals surface area contributed by atoms with Crippen LogP contribution in [-0.2, 0) is 19.4 Å². The van der Waals surface area contributed by atoms with Gasteiger partial charge in [0, 0.05) is 12.2 Å². The quantitative estimate of drug-likeness (QED) is 0.813. The highest BCUT2D eigenvalue weighted by atomic mass is 15.3. The number of nitrogens with one attached hydrogen (secondary N) is 1. The van der Waals surface area contributed by atoms with Gasteiger partial charge in [0.15, 0.2) is 0 Å². The van der Waals surface area contributed by atoms with Gasteiger partial charge in [-0.05, 0) is 51.3 Å². The molecule has 1 aliphatic rings. The average molecular weight is 207 g/mol. The monoisotopic (exact) mass is 207 g/mol. The zero-order valence-electron chi connectivity index (χ0n) is 9.79. The third kappa shape index (κ3) is 2.40. The van der Waals surface area contributed by atoms with Gasteiger partial charge in [-0.15, -0.1) is 0 Å². The first-order valence-corrected chi connectivity index (χ1v) is 6.09. The Hall–Kier alpha value is -0.830. The molecule has 0 aliphatic carbocycles. The summed E-state index contributed by atoms with van der Waals surface area (Å²) in [5.74, 6) is 0.816. The van der Waals surface area contributed by atoms with E-state index < -0.39 is 0 Å². The molecule has 1 fully saturated rings.